The quantitative estimate of drug-likeness (QED) is 0.699. The highest BCUT2D eigenvalue weighted by atomic mass is 16.5. The van der Waals surface area contributed by atoms with Gasteiger partial charge in [0.15, 0.2) is 6.10 Å². The van der Waals surface area contributed by atoms with Crippen LogP contribution in [-0.2, 0) is 9.53 Å². The van der Waals surface area contributed by atoms with Gasteiger partial charge in [0.2, 0.25) is 0 Å². The molecule has 0 aliphatic carbocycles. The van der Waals surface area contributed by atoms with Crippen molar-refractivity contribution in [2.75, 3.05) is 40.8 Å². The summed E-state index contributed by atoms with van der Waals surface area (Å²) in [5.41, 5.74) is 0. The van der Waals surface area contributed by atoms with Crippen molar-refractivity contribution in [2.24, 2.45) is 0 Å². The van der Waals surface area contributed by atoms with E-state index in [9.17, 15) is 9.59 Å². The highest BCUT2D eigenvalue weighted by molar-refractivity contribution is 5.74. The molecule has 20 heavy (non-hydrogen) atoms. The fourth-order valence-corrected chi connectivity index (χ4v) is 2.10. The second-order valence-electron chi connectivity index (χ2n) is 5.43. The van der Waals surface area contributed by atoms with E-state index in [4.69, 9.17) is 9.84 Å². The molecule has 0 aromatic rings. The normalized spacial score (nSPS) is 22.0. The predicted molar refractivity (Wildman–Crippen MR) is 74.7 cm³/mol. The molecule has 2 N–H and O–H groups in total. The Bertz CT molecular complexity index is 336. The third kappa shape index (κ3) is 5.75. The van der Waals surface area contributed by atoms with Gasteiger partial charge in [-0.3, -0.25) is 0 Å². The zero-order chi connectivity index (χ0) is 15.1. The van der Waals surface area contributed by atoms with Gasteiger partial charge in [0.05, 0.1) is 6.10 Å². The Morgan fingerprint density at radius 1 is 1.25 bits per heavy atom. The van der Waals surface area contributed by atoms with E-state index >= 15 is 0 Å². The minimum absolute atomic E-state index is 0.147. The Morgan fingerprint density at radius 3 is 2.50 bits per heavy atom. The SMILES string of the molecule is CN(C)CCCN(C)C(=O)NCC1CCC(C(=O)O)O1. The first kappa shape index (κ1) is 16.7. The monoisotopic (exact) mass is 287 g/mol. The molecule has 7 heteroatoms. The van der Waals surface area contributed by atoms with Crippen LogP contribution in [0, 0.1) is 0 Å². The average molecular weight is 287 g/mol. The van der Waals surface area contributed by atoms with Crippen LogP contribution in [0.4, 0.5) is 4.79 Å². The van der Waals surface area contributed by atoms with Gasteiger partial charge >= 0.3 is 12.0 Å². The molecule has 0 saturated carbocycles. The summed E-state index contributed by atoms with van der Waals surface area (Å²) in [5.74, 6) is -0.931. The van der Waals surface area contributed by atoms with E-state index in [2.05, 4.69) is 10.2 Å². The fraction of sp³-hybridized carbons (Fsp3) is 0.846. The first-order valence-electron chi connectivity index (χ1n) is 6.92. The minimum Gasteiger partial charge on any atom is -0.479 e. The molecular weight excluding hydrogens is 262 g/mol. The molecule has 2 amide bonds. The van der Waals surface area contributed by atoms with Gasteiger partial charge < -0.3 is 25.0 Å². The van der Waals surface area contributed by atoms with Gasteiger partial charge in [0.1, 0.15) is 0 Å². The molecule has 0 spiro atoms. The van der Waals surface area contributed by atoms with E-state index in [1.807, 2.05) is 14.1 Å². The zero-order valence-electron chi connectivity index (χ0n) is 12.5. The molecule has 0 aromatic carbocycles. The number of nitrogens with zero attached hydrogens (tertiary/aromatic N) is 2. The maximum absolute atomic E-state index is 11.8. The number of nitrogens with one attached hydrogen (secondary N) is 1. The van der Waals surface area contributed by atoms with Crippen molar-refractivity contribution in [1.29, 1.82) is 0 Å². The first-order chi connectivity index (χ1) is 9.40. The summed E-state index contributed by atoms with van der Waals surface area (Å²) < 4.78 is 5.33. The van der Waals surface area contributed by atoms with Crippen molar-refractivity contribution in [3.8, 4) is 0 Å². The van der Waals surface area contributed by atoms with Gasteiger partial charge in [-0.15, -0.1) is 0 Å². The van der Waals surface area contributed by atoms with E-state index in [1.165, 1.54) is 0 Å². The molecule has 2 atom stereocenters. The molecule has 1 fully saturated rings. The predicted octanol–water partition coefficient (Wildman–Crippen LogP) is 0.212. The molecule has 2 unspecified atom stereocenters. The van der Waals surface area contributed by atoms with Crippen LogP contribution >= 0.6 is 0 Å². The Kier molecular flexibility index (Phi) is 6.74. The number of aliphatic carboxylic acids is 1. The molecule has 1 aliphatic heterocycles. The van der Waals surface area contributed by atoms with Crippen molar-refractivity contribution in [1.82, 2.24) is 15.1 Å². The van der Waals surface area contributed by atoms with Crippen LogP contribution in [0.5, 0.6) is 0 Å². The third-order valence-corrected chi connectivity index (χ3v) is 3.31. The Morgan fingerprint density at radius 2 is 1.95 bits per heavy atom. The lowest BCUT2D eigenvalue weighted by Crippen LogP contribution is -2.41. The number of hydrogen-bond donors (Lipinski definition) is 2. The molecule has 7 nitrogen and oxygen atoms in total. The fourth-order valence-electron chi connectivity index (χ4n) is 2.10. The summed E-state index contributed by atoms with van der Waals surface area (Å²) >= 11 is 0. The molecule has 0 radical (unpaired) electrons. The molecular formula is C13H25N3O4. The van der Waals surface area contributed by atoms with E-state index in [1.54, 1.807) is 11.9 Å². The Balaban J connectivity index is 2.18. The summed E-state index contributed by atoms with van der Waals surface area (Å²) in [6.45, 7) is 1.98. The standard InChI is InChI=1S/C13H25N3O4/c1-15(2)7-4-8-16(3)13(19)14-9-10-5-6-11(20-10)12(17)18/h10-11H,4-9H2,1-3H3,(H,14,19)(H,17,18). The number of carbonyl (C=O) groups is 2. The van der Waals surface area contributed by atoms with Crippen molar-refractivity contribution < 1.29 is 19.4 Å². The summed E-state index contributed by atoms with van der Waals surface area (Å²) in [4.78, 5) is 26.3. The van der Waals surface area contributed by atoms with Crippen molar-refractivity contribution in [3.05, 3.63) is 0 Å². The van der Waals surface area contributed by atoms with Crippen LogP contribution in [0.15, 0.2) is 0 Å². The second-order valence-corrected chi connectivity index (χ2v) is 5.43. The van der Waals surface area contributed by atoms with Crippen LogP contribution in [0.25, 0.3) is 0 Å². The molecule has 1 rings (SSSR count). The number of urea groups is 1. The van der Waals surface area contributed by atoms with Crippen molar-refractivity contribution in [2.45, 2.75) is 31.5 Å². The maximum atomic E-state index is 11.8. The summed E-state index contributed by atoms with van der Waals surface area (Å²) in [6, 6.07) is -0.147. The Hall–Kier alpha value is -1.34. The smallest absolute Gasteiger partial charge is 0.332 e. The number of rotatable bonds is 7. The van der Waals surface area contributed by atoms with Gasteiger partial charge in [-0.1, -0.05) is 0 Å². The van der Waals surface area contributed by atoms with Gasteiger partial charge in [0, 0.05) is 20.1 Å². The van der Waals surface area contributed by atoms with Crippen LogP contribution in [0.2, 0.25) is 0 Å². The van der Waals surface area contributed by atoms with E-state index < -0.39 is 12.1 Å². The van der Waals surface area contributed by atoms with E-state index in [0.717, 1.165) is 13.0 Å². The summed E-state index contributed by atoms with van der Waals surface area (Å²) in [5, 5.41) is 11.6. The average Bonchev–Trinajstić information content (AvgIpc) is 2.84. The van der Waals surface area contributed by atoms with Crippen LogP contribution in [0.1, 0.15) is 19.3 Å². The molecule has 1 heterocycles. The van der Waals surface area contributed by atoms with Gasteiger partial charge in [-0.25, -0.2) is 9.59 Å². The lowest BCUT2D eigenvalue weighted by Gasteiger charge is -2.20. The number of amides is 2. The summed E-state index contributed by atoms with van der Waals surface area (Å²) in [7, 11) is 5.74. The topological polar surface area (TPSA) is 82.1 Å². The van der Waals surface area contributed by atoms with Gasteiger partial charge in [-0.2, -0.15) is 0 Å². The number of ether oxygens (including phenoxy) is 1. The highest BCUT2D eigenvalue weighted by Gasteiger charge is 2.30. The molecule has 1 aliphatic rings. The van der Waals surface area contributed by atoms with Crippen LogP contribution < -0.4 is 5.32 Å². The second kappa shape index (κ2) is 8.06. The highest BCUT2D eigenvalue weighted by Crippen LogP contribution is 2.19. The molecule has 0 bridgehead atoms. The van der Waals surface area contributed by atoms with Crippen LogP contribution in [0.3, 0.4) is 0 Å². The number of carboxylic acid groups (broad SMARTS) is 1. The van der Waals surface area contributed by atoms with Gasteiger partial charge in [-0.05, 0) is 39.9 Å². The van der Waals surface area contributed by atoms with Crippen molar-refractivity contribution >= 4 is 12.0 Å². The Labute approximate surface area is 119 Å². The van der Waals surface area contributed by atoms with Gasteiger partial charge in [0.25, 0.3) is 0 Å². The zero-order valence-corrected chi connectivity index (χ0v) is 12.5. The number of carbonyl (C=O) groups excluding carboxylic acids is 1. The molecule has 116 valence electrons. The third-order valence-electron chi connectivity index (χ3n) is 3.31. The minimum atomic E-state index is -0.931. The van der Waals surface area contributed by atoms with Crippen LogP contribution in [-0.4, -0.2) is 79.9 Å². The molecule has 0 aromatic heterocycles. The lowest BCUT2D eigenvalue weighted by atomic mass is 10.2. The maximum Gasteiger partial charge on any atom is 0.332 e. The summed E-state index contributed by atoms with van der Waals surface area (Å²) in [6.07, 6.45) is 1.17. The molecule has 1 saturated heterocycles. The number of carboxylic acids is 1. The van der Waals surface area contributed by atoms with E-state index in [-0.39, 0.29) is 12.1 Å². The first-order valence-corrected chi connectivity index (χ1v) is 6.92. The lowest BCUT2D eigenvalue weighted by molar-refractivity contribution is -0.149. The number of hydrogen-bond acceptors (Lipinski definition) is 4. The largest absolute Gasteiger partial charge is 0.479 e. The van der Waals surface area contributed by atoms with E-state index in [0.29, 0.717) is 25.9 Å². The van der Waals surface area contributed by atoms with Crippen molar-refractivity contribution in [3.63, 3.8) is 0 Å².